The third-order valence-corrected chi connectivity index (χ3v) is 4.06. The molecule has 0 saturated carbocycles. The smallest absolute Gasteiger partial charge is 0.250 e. The molecular weight excluding hydrogens is 357 g/mol. The average Bonchev–Trinajstić information content (AvgIpc) is 2.64. The van der Waals surface area contributed by atoms with E-state index in [4.69, 9.17) is 21.6 Å². The number of nitriles is 1. The average molecular weight is 372 g/mol. The van der Waals surface area contributed by atoms with Crippen LogP contribution in [0.3, 0.4) is 0 Å². The van der Waals surface area contributed by atoms with Crippen LogP contribution in [0.2, 0.25) is 5.02 Å². The maximum absolute atomic E-state index is 13.5. The Morgan fingerprint density at radius 1 is 1.31 bits per heavy atom. The molecule has 0 bridgehead atoms. The highest BCUT2D eigenvalue weighted by atomic mass is 35.5. The SMILES string of the molecule is N#Cc1c(F)cccc1NCCNC(=O)C1=Cc2cc(Cl)ccc2OC1. The number of carbonyl (C=O) groups is 1. The van der Waals surface area contributed by atoms with Crippen LogP contribution < -0.4 is 15.4 Å². The molecule has 0 spiro atoms. The number of nitrogens with one attached hydrogen (secondary N) is 2. The largest absolute Gasteiger partial charge is 0.488 e. The van der Waals surface area contributed by atoms with Crippen molar-refractivity contribution in [2.45, 2.75) is 0 Å². The summed E-state index contributed by atoms with van der Waals surface area (Å²) in [5.41, 5.74) is 1.59. The summed E-state index contributed by atoms with van der Waals surface area (Å²) in [6.45, 7) is 0.830. The lowest BCUT2D eigenvalue weighted by atomic mass is 10.1. The Morgan fingerprint density at radius 3 is 2.96 bits per heavy atom. The van der Waals surface area contributed by atoms with Gasteiger partial charge in [0.05, 0.1) is 11.3 Å². The maximum Gasteiger partial charge on any atom is 0.250 e. The van der Waals surface area contributed by atoms with Crippen molar-refractivity contribution in [3.8, 4) is 11.8 Å². The monoisotopic (exact) mass is 371 g/mol. The Kier molecular flexibility index (Phi) is 5.40. The first kappa shape index (κ1) is 17.8. The van der Waals surface area contributed by atoms with E-state index in [-0.39, 0.29) is 18.1 Å². The van der Waals surface area contributed by atoms with Gasteiger partial charge in [0.15, 0.2) is 0 Å². The van der Waals surface area contributed by atoms with Crippen LogP contribution in [0.4, 0.5) is 10.1 Å². The zero-order valence-electron chi connectivity index (χ0n) is 13.7. The molecule has 26 heavy (non-hydrogen) atoms. The Labute approximate surface area is 155 Å². The topological polar surface area (TPSA) is 74.2 Å². The predicted molar refractivity (Wildman–Crippen MR) is 97.5 cm³/mol. The molecule has 0 aliphatic carbocycles. The molecule has 0 unspecified atom stereocenters. The van der Waals surface area contributed by atoms with E-state index in [9.17, 15) is 9.18 Å². The molecule has 0 atom stereocenters. The number of halogens is 2. The molecule has 0 fully saturated rings. The third-order valence-electron chi connectivity index (χ3n) is 3.83. The van der Waals surface area contributed by atoms with Gasteiger partial charge >= 0.3 is 0 Å². The summed E-state index contributed by atoms with van der Waals surface area (Å²) >= 11 is 5.96. The summed E-state index contributed by atoms with van der Waals surface area (Å²) in [6, 6.07) is 11.4. The second kappa shape index (κ2) is 7.89. The lowest BCUT2D eigenvalue weighted by Crippen LogP contribution is -2.32. The number of carbonyl (C=O) groups excluding carboxylic acids is 1. The molecule has 1 aliphatic rings. The van der Waals surface area contributed by atoms with Gasteiger partial charge in [-0.25, -0.2) is 4.39 Å². The normalized spacial score (nSPS) is 12.3. The van der Waals surface area contributed by atoms with Crippen LogP contribution in [-0.4, -0.2) is 25.6 Å². The zero-order chi connectivity index (χ0) is 18.5. The number of hydrogen-bond acceptors (Lipinski definition) is 4. The van der Waals surface area contributed by atoms with Crippen LogP contribution in [0.25, 0.3) is 6.08 Å². The minimum atomic E-state index is -0.580. The van der Waals surface area contributed by atoms with E-state index in [2.05, 4.69) is 10.6 Å². The van der Waals surface area contributed by atoms with Crippen molar-refractivity contribution in [3.05, 3.63) is 63.9 Å². The molecule has 2 N–H and O–H groups in total. The highest BCUT2D eigenvalue weighted by Gasteiger charge is 2.17. The Balaban J connectivity index is 1.56. The van der Waals surface area contributed by atoms with Crippen LogP contribution in [0, 0.1) is 17.1 Å². The number of hydrogen-bond donors (Lipinski definition) is 2. The highest BCUT2D eigenvalue weighted by Crippen LogP contribution is 2.28. The Morgan fingerprint density at radius 2 is 2.15 bits per heavy atom. The van der Waals surface area contributed by atoms with E-state index in [1.165, 1.54) is 12.1 Å². The Hall–Kier alpha value is -3.04. The van der Waals surface area contributed by atoms with E-state index in [1.54, 1.807) is 30.3 Å². The van der Waals surface area contributed by atoms with Gasteiger partial charge in [-0.15, -0.1) is 0 Å². The molecule has 5 nitrogen and oxygen atoms in total. The molecule has 1 heterocycles. The quantitative estimate of drug-likeness (QED) is 0.790. The van der Waals surface area contributed by atoms with Crippen molar-refractivity contribution in [2.24, 2.45) is 0 Å². The van der Waals surface area contributed by atoms with E-state index >= 15 is 0 Å². The second-order valence-electron chi connectivity index (χ2n) is 5.60. The van der Waals surface area contributed by atoms with E-state index < -0.39 is 5.82 Å². The fraction of sp³-hybridized carbons (Fsp3) is 0.158. The molecule has 2 aromatic carbocycles. The molecular formula is C19H15ClFN3O2. The van der Waals surface area contributed by atoms with E-state index in [1.807, 2.05) is 6.07 Å². The van der Waals surface area contributed by atoms with Gasteiger partial charge in [-0.05, 0) is 36.4 Å². The fourth-order valence-electron chi connectivity index (χ4n) is 2.55. The standard InChI is InChI=1S/C19H15ClFN3O2/c20-14-4-5-18-12(9-14)8-13(11-26-18)19(25)24-7-6-23-17-3-1-2-16(21)15(17)10-22/h1-5,8-9,23H,6-7,11H2,(H,24,25). The summed E-state index contributed by atoms with van der Waals surface area (Å²) in [5.74, 6) is -0.150. The number of ether oxygens (including phenoxy) is 1. The number of fused-ring (bicyclic) bond motifs is 1. The molecule has 7 heteroatoms. The van der Waals surface area contributed by atoms with Gasteiger partial charge in [-0.2, -0.15) is 5.26 Å². The van der Waals surface area contributed by atoms with Crippen molar-refractivity contribution in [3.63, 3.8) is 0 Å². The first-order chi connectivity index (χ1) is 12.6. The van der Waals surface area contributed by atoms with Crippen LogP contribution in [0.15, 0.2) is 42.0 Å². The zero-order valence-corrected chi connectivity index (χ0v) is 14.4. The number of anilines is 1. The van der Waals surface area contributed by atoms with Crippen LogP contribution >= 0.6 is 11.6 Å². The Bertz CT molecular complexity index is 921. The van der Waals surface area contributed by atoms with Crippen LogP contribution in [0.1, 0.15) is 11.1 Å². The number of rotatable bonds is 5. The molecule has 1 aliphatic heterocycles. The third kappa shape index (κ3) is 3.95. The number of amides is 1. The molecule has 1 amide bonds. The summed E-state index contributed by atoms with van der Waals surface area (Å²) in [4.78, 5) is 12.2. The van der Waals surface area contributed by atoms with Crippen molar-refractivity contribution in [1.82, 2.24) is 5.32 Å². The van der Waals surface area contributed by atoms with E-state index in [0.29, 0.717) is 35.1 Å². The molecule has 132 valence electrons. The minimum absolute atomic E-state index is 0.0456. The summed E-state index contributed by atoms with van der Waals surface area (Å²) in [6.07, 6.45) is 1.74. The van der Waals surface area contributed by atoms with Crippen molar-refractivity contribution >= 4 is 29.3 Å². The highest BCUT2D eigenvalue weighted by molar-refractivity contribution is 6.30. The van der Waals surface area contributed by atoms with Crippen LogP contribution in [-0.2, 0) is 4.79 Å². The van der Waals surface area contributed by atoms with Gasteiger partial charge in [0, 0.05) is 23.7 Å². The van der Waals surface area contributed by atoms with E-state index in [0.717, 1.165) is 5.56 Å². The molecule has 0 aromatic heterocycles. The molecule has 3 rings (SSSR count). The first-order valence-corrected chi connectivity index (χ1v) is 8.30. The van der Waals surface area contributed by atoms with Gasteiger partial charge < -0.3 is 15.4 Å². The summed E-state index contributed by atoms with van der Waals surface area (Å²) in [5, 5.41) is 15.3. The molecule has 0 radical (unpaired) electrons. The lowest BCUT2D eigenvalue weighted by molar-refractivity contribution is -0.117. The summed E-state index contributed by atoms with van der Waals surface area (Å²) < 4.78 is 19.1. The first-order valence-electron chi connectivity index (χ1n) is 7.92. The van der Waals surface area contributed by atoms with Crippen molar-refractivity contribution in [2.75, 3.05) is 25.0 Å². The fourth-order valence-corrected chi connectivity index (χ4v) is 2.73. The number of nitrogens with zero attached hydrogens (tertiary/aromatic N) is 1. The maximum atomic E-state index is 13.5. The van der Waals surface area contributed by atoms with Crippen molar-refractivity contribution < 1.29 is 13.9 Å². The molecule has 2 aromatic rings. The lowest BCUT2D eigenvalue weighted by Gasteiger charge is -2.18. The van der Waals surface area contributed by atoms with Crippen LogP contribution in [0.5, 0.6) is 5.75 Å². The number of benzene rings is 2. The van der Waals surface area contributed by atoms with Gasteiger partial charge in [0.25, 0.3) is 5.91 Å². The van der Waals surface area contributed by atoms with Gasteiger partial charge in [-0.1, -0.05) is 17.7 Å². The van der Waals surface area contributed by atoms with Gasteiger partial charge in [-0.3, -0.25) is 4.79 Å². The molecule has 0 saturated heterocycles. The minimum Gasteiger partial charge on any atom is -0.488 e. The summed E-state index contributed by atoms with van der Waals surface area (Å²) in [7, 11) is 0. The second-order valence-corrected chi connectivity index (χ2v) is 6.03. The van der Waals surface area contributed by atoms with Gasteiger partial charge in [0.2, 0.25) is 0 Å². The van der Waals surface area contributed by atoms with Gasteiger partial charge in [0.1, 0.15) is 29.8 Å². The predicted octanol–water partition coefficient (Wildman–Crippen LogP) is 3.35. The van der Waals surface area contributed by atoms with Crippen molar-refractivity contribution in [1.29, 1.82) is 5.26 Å².